The van der Waals surface area contributed by atoms with Crippen molar-refractivity contribution in [3.8, 4) is 0 Å². The van der Waals surface area contributed by atoms with Crippen LogP contribution < -0.4 is 5.32 Å². The van der Waals surface area contributed by atoms with E-state index in [1.165, 1.54) is 0 Å². The molecule has 2 rings (SSSR count). The average molecular weight is 289 g/mol. The molecule has 0 aliphatic rings. The number of amides is 2. The first-order chi connectivity index (χ1) is 9.65. The molecule has 3 nitrogen and oxygen atoms in total. The van der Waals surface area contributed by atoms with Crippen LogP contribution in [0.15, 0.2) is 54.6 Å². The predicted molar refractivity (Wildman–Crippen MR) is 81.6 cm³/mol. The molecule has 0 unspecified atom stereocenters. The SMILES string of the molecule is CN(Cc1ccccc1)C(=O)NCc1ccc(Cl)cc1. The molecule has 20 heavy (non-hydrogen) atoms. The maximum atomic E-state index is 12.0. The molecule has 2 aromatic carbocycles. The number of urea groups is 1. The highest BCUT2D eigenvalue weighted by molar-refractivity contribution is 6.30. The molecule has 0 aliphatic heterocycles. The van der Waals surface area contributed by atoms with E-state index in [4.69, 9.17) is 11.6 Å². The zero-order valence-electron chi connectivity index (χ0n) is 11.3. The minimum Gasteiger partial charge on any atom is -0.334 e. The largest absolute Gasteiger partial charge is 0.334 e. The van der Waals surface area contributed by atoms with E-state index in [1.807, 2.05) is 54.6 Å². The van der Waals surface area contributed by atoms with Gasteiger partial charge >= 0.3 is 6.03 Å². The second-order valence-electron chi connectivity index (χ2n) is 4.63. The fourth-order valence-corrected chi connectivity index (χ4v) is 1.97. The summed E-state index contributed by atoms with van der Waals surface area (Å²) in [7, 11) is 1.78. The second-order valence-corrected chi connectivity index (χ2v) is 5.06. The zero-order valence-corrected chi connectivity index (χ0v) is 12.1. The molecule has 0 heterocycles. The van der Waals surface area contributed by atoms with Crippen LogP contribution in [0.3, 0.4) is 0 Å². The van der Waals surface area contributed by atoms with Crippen molar-refractivity contribution < 1.29 is 4.79 Å². The lowest BCUT2D eigenvalue weighted by molar-refractivity contribution is 0.206. The number of nitrogens with zero attached hydrogens (tertiary/aromatic N) is 1. The Kier molecular flexibility index (Phi) is 5.02. The van der Waals surface area contributed by atoms with Crippen LogP contribution in [0.2, 0.25) is 5.02 Å². The van der Waals surface area contributed by atoms with Crippen LogP contribution in [0.25, 0.3) is 0 Å². The first-order valence-corrected chi connectivity index (χ1v) is 6.80. The first kappa shape index (κ1) is 14.4. The smallest absolute Gasteiger partial charge is 0.317 e. The van der Waals surface area contributed by atoms with Crippen LogP contribution >= 0.6 is 11.6 Å². The molecule has 0 saturated carbocycles. The third-order valence-electron chi connectivity index (χ3n) is 2.97. The highest BCUT2D eigenvalue weighted by atomic mass is 35.5. The van der Waals surface area contributed by atoms with E-state index in [-0.39, 0.29) is 6.03 Å². The summed E-state index contributed by atoms with van der Waals surface area (Å²) in [5, 5.41) is 3.58. The van der Waals surface area contributed by atoms with Crippen molar-refractivity contribution in [2.45, 2.75) is 13.1 Å². The lowest BCUT2D eigenvalue weighted by Crippen LogP contribution is -2.36. The Hall–Kier alpha value is -2.00. The lowest BCUT2D eigenvalue weighted by Gasteiger charge is -2.18. The molecule has 104 valence electrons. The van der Waals surface area contributed by atoms with Gasteiger partial charge in [-0.25, -0.2) is 4.79 Å². The molecule has 1 N–H and O–H groups in total. The monoisotopic (exact) mass is 288 g/mol. The predicted octanol–water partition coefficient (Wildman–Crippen LogP) is 3.68. The molecule has 2 aromatic rings. The summed E-state index contributed by atoms with van der Waals surface area (Å²) in [5.74, 6) is 0. The van der Waals surface area contributed by atoms with Crippen LogP contribution in [0.4, 0.5) is 4.79 Å². The molecular formula is C16H17ClN2O. The highest BCUT2D eigenvalue weighted by Gasteiger charge is 2.08. The number of hydrogen-bond acceptors (Lipinski definition) is 1. The van der Waals surface area contributed by atoms with Gasteiger partial charge in [-0.3, -0.25) is 0 Å². The van der Waals surface area contributed by atoms with E-state index < -0.39 is 0 Å². The molecule has 4 heteroatoms. The van der Waals surface area contributed by atoms with Crippen LogP contribution in [0, 0.1) is 0 Å². The maximum Gasteiger partial charge on any atom is 0.317 e. The topological polar surface area (TPSA) is 32.3 Å². The van der Waals surface area contributed by atoms with Gasteiger partial charge < -0.3 is 10.2 Å². The molecule has 2 amide bonds. The van der Waals surface area contributed by atoms with Gasteiger partial charge in [-0.15, -0.1) is 0 Å². The third-order valence-corrected chi connectivity index (χ3v) is 3.22. The van der Waals surface area contributed by atoms with Crippen LogP contribution in [0.1, 0.15) is 11.1 Å². The van der Waals surface area contributed by atoms with Crippen LogP contribution in [0.5, 0.6) is 0 Å². The van der Waals surface area contributed by atoms with Crippen LogP contribution in [-0.2, 0) is 13.1 Å². The second kappa shape index (κ2) is 6.96. The maximum absolute atomic E-state index is 12.0. The molecule has 0 spiro atoms. The van der Waals surface area contributed by atoms with Crippen molar-refractivity contribution in [3.05, 3.63) is 70.7 Å². The van der Waals surface area contributed by atoms with Gasteiger partial charge in [0.25, 0.3) is 0 Å². The molecule has 0 radical (unpaired) electrons. The van der Waals surface area contributed by atoms with Gasteiger partial charge in [0.05, 0.1) is 0 Å². The van der Waals surface area contributed by atoms with Crippen molar-refractivity contribution in [2.75, 3.05) is 7.05 Å². The van der Waals surface area contributed by atoms with E-state index in [2.05, 4.69) is 5.32 Å². The van der Waals surface area contributed by atoms with Crippen LogP contribution in [-0.4, -0.2) is 18.0 Å². The summed E-state index contributed by atoms with van der Waals surface area (Å²) < 4.78 is 0. The molecular weight excluding hydrogens is 272 g/mol. The van der Waals surface area contributed by atoms with Gasteiger partial charge in [0, 0.05) is 25.2 Å². The zero-order chi connectivity index (χ0) is 14.4. The Morgan fingerprint density at radius 1 is 1.05 bits per heavy atom. The minimum absolute atomic E-state index is 0.0937. The Labute approximate surface area is 124 Å². The first-order valence-electron chi connectivity index (χ1n) is 6.42. The summed E-state index contributed by atoms with van der Waals surface area (Å²) in [6.45, 7) is 1.09. The van der Waals surface area contributed by atoms with E-state index in [0.29, 0.717) is 18.1 Å². The fraction of sp³-hybridized carbons (Fsp3) is 0.188. The highest BCUT2D eigenvalue weighted by Crippen LogP contribution is 2.09. The van der Waals surface area contributed by atoms with Crippen molar-refractivity contribution >= 4 is 17.6 Å². The Bertz CT molecular complexity index is 554. The molecule has 0 aromatic heterocycles. The van der Waals surface area contributed by atoms with Crippen molar-refractivity contribution in [3.63, 3.8) is 0 Å². The average Bonchev–Trinajstić information content (AvgIpc) is 2.47. The number of hydrogen-bond donors (Lipinski definition) is 1. The van der Waals surface area contributed by atoms with Gasteiger partial charge in [-0.05, 0) is 23.3 Å². The Morgan fingerprint density at radius 3 is 2.35 bits per heavy atom. The lowest BCUT2D eigenvalue weighted by atomic mass is 10.2. The third kappa shape index (κ3) is 4.28. The number of carbonyl (C=O) groups excluding carboxylic acids is 1. The standard InChI is InChI=1S/C16H17ClN2O/c1-19(12-14-5-3-2-4-6-14)16(20)18-11-13-7-9-15(17)10-8-13/h2-10H,11-12H2,1H3,(H,18,20). The summed E-state index contributed by atoms with van der Waals surface area (Å²) in [5.41, 5.74) is 2.13. The number of rotatable bonds is 4. The van der Waals surface area contributed by atoms with E-state index >= 15 is 0 Å². The quantitative estimate of drug-likeness (QED) is 0.914. The van der Waals surface area contributed by atoms with Crippen molar-refractivity contribution in [1.82, 2.24) is 10.2 Å². The van der Waals surface area contributed by atoms with Gasteiger partial charge in [0.15, 0.2) is 0 Å². The van der Waals surface area contributed by atoms with E-state index in [9.17, 15) is 4.79 Å². The number of benzene rings is 2. The molecule has 0 saturated heterocycles. The summed E-state index contributed by atoms with van der Waals surface area (Å²) >= 11 is 5.82. The molecule has 0 fully saturated rings. The molecule has 0 bridgehead atoms. The Balaban J connectivity index is 1.83. The van der Waals surface area contributed by atoms with Gasteiger partial charge in [0.1, 0.15) is 0 Å². The Morgan fingerprint density at radius 2 is 1.70 bits per heavy atom. The summed E-state index contributed by atoms with van der Waals surface area (Å²) in [4.78, 5) is 13.6. The normalized spacial score (nSPS) is 10.1. The molecule has 0 aliphatic carbocycles. The summed E-state index contributed by atoms with van der Waals surface area (Å²) in [6.07, 6.45) is 0. The summed E-state index contributed by atoms with van der Waals surface area (Å²) in [6, 6.07) is 17.2. The van der Waals surface area contributed by atoms with Gasteiger partial charge in [-0.1, -0.05) is 54.1 Å². The number of nitrogens with one attached hydrogen (secondary N) is 1. The number of carbonyl (C=O) groups is 1. The van der Waals surface area contributed by atoms with Crippen molar-refractivity contribution in [2.24, 2.45) is 0 Å². The van der Waals surface area contributed by atoms with E-state index in [0.717, 1.165) is 11.1 Å². The minimum atomic E-state index is -0.0937. The van der Waals surface area contributed by atoms with Gasteiger partial charge in [-0.2, -0.15) is 0 Å². The van der Waals surface area contributed by atoms with Crippen molar-refractivity contribution in [1.29, 1.82) is 0 Å². The van der Waals surface area contributed by atoms with Gasteiger partial charge in [0.2, 0.25) is 0 Å². The molecule has 0 atom stereocenters. The van der Waals surface area contributed by atoms with E-state index in [1.54, 1.807) is 11.9 Å². The number of halogens is 1. The fourth-order valence-electron chi connectivity index (χ4n) is 1.84.